The number of aryl methyl sites for hydroxylation is 1. The number of halogens is 3. The number of pyridine rings is 1. The van der Waals surface area contributed by atoms with Crippen molar-refractivity contribution in [2.75, 3.05) is 0 Å². The van der Waals surface area contributed by atoms with Crippen molar-refractivity contribution >= 4 is 64.7 Å². The molecule has 4 rings (SSSR count). The van der Waals surface area contributed by atoms with Crippen LogP contribution in [0, 0.1) is 0 Å². The van der Waals surface area contributed by atoms with Crippen LogP contribution in [0.5, 0.6) is 0 Å². The first-order valence-corrected chi connectivity index (χ1v) is 7.91. The molecule has 1 N–H and O–H groups in total. The Morgan fingerprint density at radius 1 is 0.905 bits per heavy atom. The molecule has 106 valence electrons. The number of nitrogens with one attached hydrogen (secondary N) is 1. The molecule has 0 saturated carbocycles. The topological polar surface area (TPSA) is 19.7 Å². The van der Waals surface area contributed by atoms with Gasteiger partial charge in [0, 0.05) is 20.4 Å². The van der Waals surface area contributed by atoms with E-state index in [1.54, 1.807) is 0 Å². The summed E-state index contributed by atoms with van der Waals surface area (Å²) in [6, 6.07) is 14.9. The van der Waals surface area contributed by atoms with Crippen LogP contribution in [0.15, 0.2) is 51.4 Å². The van der Waals surface area contributed by atoms with Gasteiger partial charge < -0.3 is 17.4 Å². The Kier molecular flexibility index (Phi) is 3.72. The van der Waals surface area contributed by atoms with Crippen molar-refractivity contribution < 1.29 is 17.0 Å². The number of benzene rings is 2. The van der Waals surface area contributed by atoms with Crippen LogP contribution in [0.1, 0.15) is 0 Å². The van der Waals surface area contributed by atoms with E-state index in [9.17, 15) is 0 Å². The standard InChI is InChI=1S/C16H10Br2N2.ClH/c1-20-15-5-3-10(17)6-9(15)7-14-16(20)12-8-11(18)2-4-13(12)19-14;/h2-8H,1H3;1H. The highest BCUT2D eigenvalue weighted by atomic mass is 79.9. The number of rotatable bonds is 0. The van der Waals surface area contributed by atoms with Crippen molar-refractivity contribution in [3.05, 3.63) is 51.4 Å². The van der Waals surface area contributed by atoms with Crippen molar-refractivity contribution in [2.24, 2.45) is 7.05 Å². The summed E-state index contributed by atoms with van der Waals surface area (Å²) in [5.74, 6) is 0. The van der Waals surface area contributed by atoms with Gasteiger partial charge >= 0.3 is 0 Å². The molecule has 0 radical (unpaired) electrons. The Bertz CT molecular complexity index is 992. The van der Waals surface area contributed by atoms with E-state index < -0.39 is 0 Å². The zero-order chi connectivity index (χ0) is 13.9. The third-order valence-corrected chi connectivity index (χ3v) is 4.73. The third-order valence-electron chi connectivity index (χ3n) is 3.75. The van der Waals surface area contributed by atoms with E-state index in [0.717, 1.165) is 20.0 Å². The number of H-pyrrole nitrogens is 1. The maximum absolute atomic E-state index is 3.56. The Morgan fingerprint density at radius 2 is 1.62 bits per heavy atom. The summed E-state index contributed by atoms with van der Waals surface area (Å²) >= 11 is 7.10. The van der Waals surface area contributed by atoms with Gasteiger partial charge in [0.15, 0.2) is 0 Å². The molecule has 0 unspecified atom stereocenters. The van der Waals surface area contributed by atoms with Crippen LogP contribution in [0.25, 0.3) is 32.8 Å². The fraction of sp³-hybridized carbons (Fsp3) is 0.0625. The lowest BCUT2D eigenvalue weighted by molar-refractivity contribution is -0.616. The second kappa shape index (κ2) is 5.27. The van der Waals surface area contributed by atoms with E-state index in [2.05, 4.69) is 90.9 Å². The van der Waals surface area contributed by atoms with Crippen molar-refractivity contribution in [3.63, 3.8) is 0 Å². The molecule has 2 nitrogen and oxygen atoms in total. The van der Waals surface area contributed by atoms with Gasteiger partial charge in [0.2, 0.25) is 11.0 Å². The Labute approximate surface area is 144 Å². The van der Waals surface area contributed by atoms with Gasteiger partial charge in [0.05, 0.1) is 10.9 Å². The summed E-state index contributed by atoms with van der Waals surface area (Å²) in [4.78, 5) is 3.50. The molecule has 2 aromatic heterocycles. The van der Waals surface area contributed by atoms with Crippen molar-refractivity contribution in [1.29, 1.82) is 0 Å². The molecule has 0 amide bonds. The van der Waals surface area contributed by atoms with Gasteiger partial charge in [-0.3, -0.25) is 0 Å². The first-order valence-electron chi connectivity index (χ1n) is 6.33. The first-order chi connectivity index (χ1) is 9.63. The summed E-state index contributed by atoms with van der Waals surface area (Å²) in [6.07, 6.45) is 0. The van der Waals surface area contributed by atoms with Gasteiger partial charge in [-0.15, -0.1) is 0 Å². The first kappa shape index (κ1) is 14.8. The molecule has 0 aliphatic heterocycles. The average molecular weight is 427 g/mol. The number of hydrogen-bond donors (Lipinski definition) is 1. The molecule has 0 spiro atoms. The number of hydrogen-bond acceptors (Lipinski definition) is 0. The number of nitrogens with zero attached hydrogens (tertiary/aromatic N) is 1. The molecule has 21 heavy (non-hydrogen) atoms. The lowest BCUT2D eigenvalue weighted by atomic mass is 10.1. The molecule has 0 atom stereocenters. The fourth-order valence-corrected chi connectivity index (χ4v) is 3.60. The smallest absolute Gasteiger partial charge is 0.238 e. The predicted octanol–water partition coefficient (Wildman–Crippen LogP) is 1.83. The van der Waals surface area contributed by atoms with Gasteiger partial charge in [-0.2, -0.15) is 4.57 Å². The average Bonchev–Trinajstić information content (AvgIpc) is 2.76. The van der Waals surface area contributed by atoms with Crippen LogP contribution in [-0.2, 0) is 7.05 Å². The third kappa shape index (κ3) is 2.26. The van der Waals surface area contributed by atoms with Crippen LogP contribution in [0.2, 0.25) is 0 Å². The lowest BCUT2D eigenvalue weighted by Crippen LogP contribution is -3.00. The van der Waals surface area contributed by atoms with E-state index in [1.807, 2.05) is 0 Å². The van der Waals surface area contributed by atoms with Crippen LogP contribution in [-0.4, -0.2) is 4.98 Å². The second-order valence-electron chi connectivity index (χ2n) is 4.98. The molecule has 0 aliphatic carbocycles. The highest BCUT2D eigenvalue weighted by molar-refractivity contribution is 9.10. The summed E-state index contributed by atoms with van der Waals surface area (Å²) in [6.45, 7) is 0. The lowest BCUT2D eigenvalue weighted by Gasteiger charge is -1.99. The Morgan fingerprint density at radius 3 is 2.43 bits per heavy atom. The molecular weight excluding hydrogens is 415 g/mol. The van der Waals surface area contributed by atoms with E-state index >= 15 is 0 Å². The second-order valence-corrected chi connectivity index (χ2v) is 6.82. The number of aromatic nitrogens is 2. The summed E-state index contributed by atoms with van der Waals surface area (Å²) in [5, 5.41) is 2.46. The zero-order valence-corrected chi connectivity index (χ0v) is 15.1. The largest absolute Gasteiger partial charge is 1.00 e. The normalized spacial score (nSPS) is 11.2. The van der Waals surface area contributed by atoms with E-state index in [1.165, 1.54) is 21.8 Å². The predicted molar refractivity (Wildman–Crippen MR) is 89.9 cm³/mol. The molecule has 2 heterocycles. The Balaban J connectivity index is 0.00000132. The highest BCUT2D eigenvalue weighted by Gasteiger charge is 2.17. The minimum Gasteiger partial charge on any atom is -1.00 e. The maximum atomic E-state index is 3.56. The van der Waals surface area contributed by atoms with Gasteiger partial charge in [-0.05, 0) is 36.4 Å². The van der Waals surface area contributed by atoms with Crippen molar-refractivity contribution in [3.8, 4) is 0 Å². The van der Waals surface area contributed by atoms with Gasteiger partial charge in [-0.1, -0.05) is 31.9 Å². The number of fused-ring (bicyclic) bond motifs is 4. The van der Waals surface area contributed by atoms with Crippen molar-refractivity contribution in [2.45, 2.75) is 0 Å². The fourth-order valence-electron chi connectivity index (χ4n) is 2.86. The number of aromatic amines is 1. The van der Waals surface area contributed by atoms with Crippen LogP contribution < -0.4 is 17.0 Å². The van der Waals surface area contributed by atoms with Crippen LogP contribution in [0.4, 0.5) is 0 Å². The molecule has 0 fully saturated rings. The minimum atomic E-state index is 0. The van der Waals surface area contributed by atoms with E-state index in [0.29, 0.717) is 0 Å². The highest BCUT2D eigenvalue weighted by Crippen LogP contribution is 2.28. The monoisotopic (exact) mass is 424 g/mol. The van der Waals surface area contributed by atoms with E-state index in [4.69, 9.17) is 0 Å². The van der Waals surface area contributed by atoms with Gasteiger partial charge in [0.1, 0.15) is 12.6 Å². The molecule has 5 heteroatoms. The molecular formula is C16H11Br2ClN2. The quantitative estimate of drug-likeness (QED) is 0.414. The van der Waals surface area contributed by atoms with Crippen molar-refractivity contribution in [1.82, 2.24) is 4.98 Å². The summed E-state index contributed by atoms with van der Waals surface area (Å²) < 4.78 is 4.45. The van der Waals surface area contributed by atoms with Gasteiger partial charge in [0.25, 0.3) is 0 Å². The van der Waals surface area contributed by atoms with Gasteiger partial charge in [-0.25, -0.2) is 0 Å². The molecule has 0 aliphatic rings. The zero-order valence-electron chi connectivity index (χ0n) is 11.1. The molecule has 4 aromatic rings. The minimum absolute atomic E-state index is 0. The van der Waals surface area contributed by atoms with Crippen LogP contribution in [0.3, 0.4) is 0 Å². The molecule has 2 aromatic carbocycles. The molecule has 0 bridgehead atoms. The molecule has 0 saturated heterocycles. The summed E-state index contributed by atoms with van der Waals surface area (Å²) in [7, 11) is 2.12. The SMILES string of the molecule is C[n+]1c2ccc(Br)cc2cc2[nH]c3ccc(Br)cc3c21.[Cl-]. The van der Waals surface area contributed by atoms with E-state index in [-0.39, 0.29) is 12.4 Å². The maximum Gasteiger partial charge on any atom is 0.238 e. The van der Waals surface area contributed by atoms with Crippen LogP contribution >= 0.6 is 31.9 Å². The Hall–Kier alpha value is -1.10. The summed E-state index contributed by atoms with van der Waals surface area (Å²) in [5.41, 5.74) is 4.78.